The Bertz CT molecular complexity index is 447. The van der Waals surface area contributed by atoms with Crippen LogP contribution in [0.2, 0.25) is 5.02 Å². The summed E-state index contributed by atoms with van der Waals surface area (Å²) in [5.41, 5.74) is 0.731. The van der Waals surface area contributed by atoms with Crippen LogP contribution in [0.4, 0.5) is 5.69 Å². The average molecular weight is 313 g/mol. The lowest BCUT2D eigenvalue weighted by molar-refractivity contribution is 0.602. The third-order valence-electron chi connectivity index (χ3n) is 1.72. The largest absolute Gasteiger partial charge is 0.383 e. The summed E-state index contributed by atoms with van der Waals surface area (Å²) in [5, 5.41) is 3.54. The van der Waals surface area contributed by atoms with Gasteiger partial charge in [-0.1, -0.05) is 27.5 Å². The molecule has 6 heteroatoms. The predicted octanol–water partition coefficient (Wildman–Crippen LogP) is 2.56. The van der Waals surface area contributed by atoms with E-state index in [0.29, 0.717) is 11.6 Å². The maximum Gasteiger partial charge on any atom is 0.149 e. The van der Waals surface area contributed by atoms with E-state index in [1.807, 2.05) is 12.1 Å². The lowest BCUT2D eigenvalue weighted by atomic mass is 10.3. The Hall–Kier alpha value is -0.260. The maximum atomic E-state index is 10.9. The fourth-order valence-electron chi connectivity index (χ4n) is 1.00. The zero-order valence-corrected chi connectivity index (χ0v) is 11.3. The normalized spacial score (nSPS) is 11.4. The Morgan fingerprint density at radius 2 is 2.13 bits per heavy atom. The summed E-state index contributed by atoms with van der Waals surface area (Å²) in [7, 11) is -2.93. The van der Waals surface area contributed by atoms with Gasteiger partial charge in [0.05, 0.1) is 16.5 Å². The van der Waals surface area contributed by atoms with Crippen LogP contribution >= 0.6 is 27.5 Å². The van der Waals surface area contributed by atoms with Crippen molar-refractivity contribution in [2.45, 2.75) is 0 Å². The smallest absolute Gasteiger partial charge is 0.149 e. The van der Waals surface area contributed by atoms with E-state index in [-0.39, 0.29) is 5.75 Å². The van der Waals surface area contributed by atoms with E-state index < -0.39 is 9.84 Å². The molecule has 0 saturated carbocycles. The quantitative estimate of drug-likeness (QED) is 0.929. The molecule has 0 aromatic heterocycles. The Kier molecular flexibility index (Phi) is 4.43. The van der Waals surface area contributed by atoms with Crippen molar-refractivity contribution in [3.63, 3.8) is 0 Å². The van der Waals surface area contributed by atoms with E-state index in [1.54, 1.807) is 6.07 Å². The van der Waals surface area contributed by atoms with Gasteiger partial charge in [-0.05, 0) is 18.2 Å². The molecular formula is C9H11BrClNO2S. The molecule has 0 aliphatic rings. The molecule has 0 heterocycles. The second-order valence-electron chi connectivity index (χ2n) is 3.18. The summed E-state index contributed by atoms with van der Waals surface area (Å²) in [6.07, 6.45) is 1.21. The highest BCUT2D eigenvalue weighted by Crippen LogP contribution is 2.25. The van der Waals surface area contributed by atoms with Gasteiger partial charge in [-0.15, -0.1) is 0 Å². The van der Waals surface area contributed by atoms with Crippen molar-refractivity contribution in [2.24, 2.45) is 0 Å². The first-order valence-electron chi connectivity index (χ1n) is 4.25. The lowest BCUT2D eigenvalue weighted by Crippen LogP contribution is -2.14. The van der Waals surface area contributed by atoms with Crippen molar-refractivity contribution in [1.29, 1.82) is 0 Å². The highest BCUT2D eigenvalue weighted by Gasteiger charge is 2.03. The zero-order valence-electron chi connectivity index (χ0n) is 8.13. The molecule has 84 valence electrons. The van der Waals surface area contributed by atoms with Crippen LogP contribution in [0.25, 0.3) is 0 Å². The van der Waals surface area contributed by atoms with Gasteiger partial charge < -0.3 is 5.32 Å². The van der Waals surface area contributed by atoms with Gasteiger partial charge in [0.2, 0.25) is 0 Å². The molecule has 0 bridgehead atoms. The zero-order chi connectivity index (χ0) is 11.5. The monoisotopic (exact) mass is 311 g/mol. The molecule has 0 unspecified atom stereocenters. The minimum absolute atomic E-state index is 0.0931. The van der Waals surface area contributed by atoms with Gasteiger partial charge in [-0.25, -0.2) is 8.42 Å². The molecule has 0 atom stereocenters. The van der Waals surface area contributed by atoms with Crippen LogP contribution in [-0.2, 0) is 9.84 Å². The van der Waals surface area contributed by atoms with Gasteiger partial charge in [0, 0.05) is 17.3 Å². The predicted molar refractivity (Wildman–Crippen MR) is 67.4 cm³/mol. The molecule has 0 fully saturated rings. The van der Waals surface area contributed by atoms with Gasteiger partial charge in [-0.2, -0.15) is 0 Å². The molecule has 3 nitrogen and oxygen atoms in total. The number of hydrogen-bond donors (Lipinski definition) is 1. The van der Waals surface area contributed by atoms with Crippen LogP contribution in [-0.4, -0.2) is 27.0 Å². The fourth-order valence-corrected chi connectivity index (χ4v) is 2.02. The van der Waals surface area contributed by atoms with E-state index in [2.05, 4.69) is 21.2 Å². The van der Waals surface area contributed by atoms with Crippen molar-refractivity contribution in [1.82, 2.24) is 0 Å². The van der Waals surface area contributed by atoms with Crippen LogP contribution < -0.4 is 5.32 Å². The topological polar surface area (TPSA) is 46.2 Å². The Morgan fingerprint density at radius 3 is 2.73 bits per heavy atom. The van der Waals surface area contributed by atoms with Crippen molar-refractivity contribution < 1.29 is 8.42 Å². The standard InChI is InChI=1S/C9H11BrClNO2S/c1-15(13,14)5-4-12-9-6-7(10)2-3-8(9)11/h2-3,6,12H,4-5H2,1H3. The van der Waals surface area contributed by atoms with Crippen LogP contribution in [0.1, 0.15) is 0 Å². The molecule has 0 amide bonds. The van der Waals surface area contributed by atoms with Gasteiger partial charge in [0.15, 0.2) is 0 Å². The number of hydrogen-bond acceptors (Lipinski definition) is 3. The summed E-state index contributed by atoms with van der Waals surface area (Å²) < 4.78 is 22.7. The van der Waals surface area contributed by atoms with Gasteiger partial charge >= 0.3 is 0 Å². The second-order valence-corrected chi connectivity index (χ2v) is 6.76. The number of sulfone groups is 1. The van der Waals surface area contributed by atoms with Gasteiger partial charge in [0.1, 0.15) is 9.84 Å². The first kappa shape index (κ1) is 12.8. The SMILES string of the molecule is CS(=O)(=O)CCNc1cc(Br)ccc1Cl. The van der Waals surface area contributed by atoms with Crippen molar-refractivity contribution >= 4 is 43.1 Å². The lowest BCUT2D eigenvalue weighted by Gasteiger charge is -2.07. The highest BCUT2D eigenvalue weighted by molar-refractivity contribution is 9.10. The molecule has 0 radical (unpaired) electrons. The third kappa shape index (κ3) is 4.86. The summed E-state index contributed by atoms with van der Waals surface area (Å²) in [6, 6.07) is 5.38. The summed E-state index contributed by atoms with van der Waals surface area (Å²) >= 11 is 9.22. The first-order chi connectivity index (χ1) is 6.88. The molecular weight excluding hydrogens is 302 g/mol. The van der Waals surface area contributed by atoms with Crippen molar-refractivity contribution in [2.75, 3.05) is 23.9 Å². The Balaban J connectivity index is 2.61. The number of halogens is 2. The van der Waals surface area contributed by atoms with E-state index in [4.69, 9.17) is 11.6 Å². The van der Waals surface area contributed by atoms with E-state index >= 15 is 0 Å². The van der Waals surface area contributed by atoms with E-state index in [9.17, 15) is 8.42 Å². The van der Waals surface area contributed by atoms with Crippen LogP contribution in [0, 0.1) is 0 Å². The second kappa shape index (κ2) is 5.18. The third-order valence-corrected chi connectivity index (χ3v) is 3.49. The van der Waals surface area contributed by atoms with E-state index in [0.717, 1.165) is 10.2 Å². The fraction of sp³-hybridized carbons (Fsp3) is 0.333. The minimum Gasteiger partial charge on any atom is -0.383 e. The van der Waals surface area contributed by atoms with Crippen LogP contribution in [0.3, 0.4) is 0 Å². The first-order valence-corrected chi connectivity index (χ1v) is 7.48. The molecule has 0 aliphatic heterocycles. The van der Waals surface area contributed by atoms with E-state index in [1.165, 1.54) is 6.26 Å². The van der Waals surface area contributed by atoms with Gasteiger partial charge in [-0.3, -0.25) is 0 Å². The van der Waals surface area contributed by atoms with Gasteiger partial charge in [0.25, 0.3) is 0 Å². The molecule has 0 spiro atoms. The summed E-state index contributed by atoms with van der Waals surface area (Å²) in [4.78, 5) is 0. The molecule has 0 saturated heterocycles. The molecule has 1 aromatic rings. The van der Waals surface area contributed by atoms with Crippen LogP contribution in [0.15, 0.2) is 22.7 Å². The number of nitrogens with one attached hydrogen (secondary N) is 1. The molecule has 1 N–H and O–H groups in total. The van der Waals surface area contributed by atoms with Crippen molar-refractivity contribution in [3.05, 3.63) is 27.7 Å². The van der Waals surface area contributed by atoms with Crippen molar-refractivity contribution in [3.8, 4) is 0 Å². The Morgan fingerprint density at radius 1 is 1.47 bits per heavy atom. The average Bonchev–Trinajstić information content (AvgIpc) is 2.09. The minimum atomic E-state index is -2.93. The number of rotatable bonds is 4. The molecule has 15 heavy (non-hydrogen) atoms. The number of benzene rings is 1. The maximum absolute atomic E-state index is 10.9. The summed E-state index contributed by atoms with van der Waals surface area (Å²) in [6.45, 7) is 0.356. The molecule has 1 rings (SSSR count). The Labute approximate surface area is 103 Å². The number of anilines is 1. The molecule has 1 aromatic carbocycles. The summed E-state index contributed by atoms with van der Waals surface area (Å²) in [5.74, 6) is 0.0931. The van der Waals surface area contributed by atoms with Crippen LogP contribution in [0.5, 0.6) is 0 Å². The highest BCUT2D eigenvalue weighted by atomic mass is 79.9. The molecule has 0 aliphatic carbocycles.